The van der Waals surface area contributed by atoms with E-state index in [0.717, 1.165) is 43.0 Å². The molecule has 1 radical (unpaired) electrons. The Labute approximate surface area is 312 Å². The van der Waals surface area contributed by atoms with E-state index in [9.17, 15) is 4.39 Å². The first-order valence-corrected chi connectivity index (χ1v) is 20.7. The summed E-state index contributed by atoms with van der Waals surface area (Å²) in [6, 6.07) is 48.5. The first-order valence-electron chi connectivity index (χ1n) is 16.3. The van der Waals surface area contributed by atoms with E-state index >= 15 is 0 Å². The fourth-order valence-electron chi connectivity index (χ4n) is 5.96. The Hall–Kier alpha value is -4.58. The molecule has 0 N–H and O–H groups in total. The van der Waals surface area contributed by atoms with Crippen LogP contribution in [0.2, 0.25) is 19.6 Å². The van der Waals surface area contributed by atoms with Crippen LogP contribution in [-0.4, -0.2) is 18.0 Å². The topological polar surface area (TPSA) is 25.8 Å². The standard InChI is InChI=1S/C30H19FNS.C14H16NSi.Ir/c1-19-16-28(32-18-26(19)20-8-3-2-4-9-20)25-12-7-11-24-23-15-14-21(17-29(23)33-30(24)25)22-10-5-6-13-27(22)31;1-16(2,3)13-9-10-14(15-11-13)12-7-5-4-6-8-12;/h2-11,13-18H,1H3;4-7,9-11H,1-3H3;/q2*-1;. The number of aromatic nitrogens is 2. The molecule has 50 heavy (non-hydrogen) atoms. The molecule has 5 aromatic carbocycles. The van der Waals surface area contributed by atoms with E-state index in [-0.39, 0.29) is 25.9 Å². The van der Waals surface area contributed by atoms with Gasteiger partial charge in [0.2, 0.25) is 0 Å². The van der Waals surface area contributed by atoms with Crippen molar-refractivity contribution in [2.24, 2.45) is 0 Å². The summed E-state index contributed by atoms with van der Waals surface area (Å²) in [7, 11) is -1.23. The maximum absolute atomic E-state index is 14.3. The van der Waals surface area contributed by atoms with Gasteiger partial charge in [0.1, 0.15) is 5.82 Å². The van der Waals surface area contributed by atoms with E-state index in [1.807, 2.05) is 79.1 Å². The molecule has 8 aromatic rings. The van der Waals surface area contributed by atoms with Gasteiger partial charge in [0, 0.05) is 48.3 Å². The zero-order chi connectivity index (χ0) is 34.0. The summed E-state index contributed by atoms with van der Waals surface area (Å²) in [5.74, 6) is -0.204. The molecular weight excluding hydrogens is 828 g/mol. The van der Waals surface area contributed by atoms with Crippen molar-refractivity contribution in [3.63, 3.8) is 0 Å². The molecule has 0 atom stereocenters. The van der Waals surface area contributed by atoms with Gasteiger partial charge in [0.15, 0.2) is 0 Å². The molecule has 0 aliphatic heterocycles. The SMILES string of the molecule is C[Si](C)(C)c1ccc(-c2[c-]cccc2)nc1.Cc1cc(-c2[c-]ccc3c2sc2cc(-c4ccccc4F)ccc23)ncc1-c1ccccc1.[Ir]. The summed E-state index contributed by atoms with van der Waals surface area (Å²) >= 11 is 1.71. The predicted molar refractivity (Wildman–Crippen MR) is 208 cm³/mol. The largest absolute Gasteiger partial charge is 0.305 e. The minimum atomic E-state index is -1.23. The normalized spacial score (nSPS) is 11.1. The molecule has 0 bridgehead atoms. The smallest absolute Gasteiger partial charge is 0.131 e. The van der Waals surface area contributed by atoms with Crippen LogP contribution in [0.4, 0.5) is 4.39 Å². The van der Waals surface area contributed by atoms with Gasteiger partial charge >= 0.3 is 0 Å². The molecule has 249 valence electrons. The van der Waals surface area contributed by atoms with Crippen molar-refractivity contribution in [2.45, 2.75) is 26.6 Å². The molecule has 8 rings (SSSR count). The first-order chi connectivity index (χ1) is 23.8. The maximum Gasteiger partial charge on any atom is 0.131 e. The number of nitrogens with zero attached hydrogens (tertiary/aromatic N) is 2. The molecule has 6 heteroatoms. The average Bonchev–Trinajstić information content (AvgIpc) is 3.51. The Morgan fingerprint density at radius 3 is 2.10 bits per heavy atom. The number of hydrogen-bond donors (Lipinski definition) is 0. The molecule has 0 unspecified atom stereocenters. The summed E-state index contributed by atoms with van der Waals surface area (Å²) in [5, 5.41) is 3.74. The molecule has 0 spiro atoms. The van der Waals surface area contributed by atoms with Gasteiger partial charge in [-0.05, 0) is 62.4 Å². The van der Waals surface area contributed by atoms with E-state index in [1.54, 1.807) is 17.4 Å². The van der Waals surface area contributed by atoms with Crippen molar-refractivity contribution in [3.05, 3.63) is 163 Å². The van der Waals surface area contributed by atoms with Gasteiger partial charge in [-0.3, -0.25) is 0 Å². The number of fused-ring (bicyclic) bond motifs is 3. The third-order valence-electron chi connectivity index (χ3n) is 8.68. The second-order valence-electron chi connectivity index (χ2n) is 13.1. The Kier molecular flexibility index (Phi) is 10.7. The first kappa shape index (κ1) is 35.2. The fraction of sp³-hybridized carbons (Fsp3) is 0.0909. The summed E-state index contributed by atoms with van der Waals surface area (Å²) < 4.78 is 16.6. The Morgan fingerprint density at radius 2 is 1.40 bits per heavy atom. The molecule has 0 aliphatic carbocycles. The van der Waals surface area contributed by atoms with Gasteiger partial charge in [-0.15, -0.1) is 59.7 Å². The summed E-state index contributed by atoms with van der Waals surface area (Å²) in [6.07, 6.45) is 3.97. The summed E-state index contributed by atoms with van der Waals surface area (Å²) in [4.78, 5) is 9.33. The Balaban J connectivity index is 0.000000215. The van der Waals surface area contributed by atoms with Crippen LogP contribution in [-0.2, 0) is 20.1 Å². The molecule has 0 aliphatic rings. The molecule has 0 saturated heterocycles. The fourth-order valence-corrected chi connectivity index (χ4v) is 8.24. The van der Waals surface area contributed by atoms with Gasteiger partial charge in [-0.1, -0.05) is 104 Å². The molecule has 0 amide bonds. The summed E-state index contributed by atoms with van der Waals surface area (Å²) in [5.41, 5.74) is 8.97. The second kappa shape index (κ2) is 15.1. The van der Waals surface area contributed by atoms with Crippen LogP contribution >= 0.6 is 11.3 Å². The van der Waals surface area contributed by atoms with Crippen molar-refractivity contribution in [1.82, 2.24) is 9.97 Å². The van der Waals surface area contributed by atoms with E-state index in [1.165, 1.54) is 33.2 Å². The molecule has 3 aromatic heterocycles. The van der Waals surface area contributed by atoms with Gasteiger partial charge in [-0.2, -0.15) is 11.3 Å². The zero-order valence-electron chi connectivity index (χ0n) is 28.3. The Morgan fingerprint density at radius 1 is 0.640 bits per heavy atom. The second-order valence-corrected chi connectivity index (χ2v) is 19.2. The number of hydrogen-bond acceptors (Lipinski definition) is 3. The minimum Gasteiger partial charge on any atom is -0.305 e. The van der Waals surface area contributed by atoms with E-state index < -0.39 is 8.07 Å². The third kappa shape index (κ3) is 7.45. The number of aryl methyl sites for hydroxylation is 1. The van der Waals surface area contributed by atoms with Crippen LogP contribution in [0.1, 0.15) is 5.56 Å². The molecule has 0 fully saturated rings. The zero-order valence-corrected chi connectivity index (χ0v) is 32.5. The van der Waals surface area contributed by atoms with Crippen LogP contribution in [0.3, 0.4) is 0 Å². The van der Waals surface area contributed by atoms with Crippen LogP contribution in [0.25, 0.3) is 64.9 Å². The Bertz CT molecular complexity index is 2390. The number of halogens is 1. The van der Waals surface area contributed by atoms with Crippen molar-refractivity contribution < 1.29 is 24.5 Å². The van der Waals surface area contributed by atoms with Crippen molar-refractivity contribution in [2.75, 3.05) is 0 Å². The minimum absolute atomic E-state index is 0. The van der Waals surface area contributed by atoms with Gasteiger partial charge in [0.25, 0.3) is 0 Å². The molecule has 0 saturated carbocycles. The molecule has 2 nitrogen and oxygen atoms in total. The van der Waals surface area contributed by atoms with E-state index in [4.69, 9.17) is 4.98 Å². The van der Waals surface area contributed by atoms with Crippen LogP contribution in [0, 0.1) is 24.9 Å². The number of pyridine rings is 2. The number of benzene rings is 5. The quantitative estimate of drug-likeness (QED) is 0.127. The number of rotatable bonds is 5. The van der Waals surface area contributed by atoms with Crippen molar-refractivity contribution >= 4 is 44.8 Å². The van der Waals surface area contributed by atoms with E-state index in [2.05, 4.69) is 92.2 Å². The van der Waals surface area contributed by atoms with Gasteiger partial charge in [-0.25, -0.2) is 4.39 Å². The van der Waals surface area contributed by atoms with E-state index in [0.29, 0.717) is 5.56 Å². The third-order valence-corrected chi connectivity index (χ3v) is 11.9. The monoisotopic (exact) mass is 863 g/mol. The van der Waals surface area contributed by atoms with Gasteiger partial charge in [0.05, 0.1) is 8.07 Å². The van der Waals surface area contributed by atoms with Crippen molar-refractivity contribution in [3.8, 4) is 44.8 Å². The predicted octanol–water partition coefficient (Wildman–Crippen LogP) is 11.8. The molecule has 3 heterocycles. The van der Waals surface area contributed by atoms with Gasteiger partial charge < -0.3 is 9.97 Å². The van der Waals surface area contributed by atoms with Crippen LogP contribution in [0.5, 0.6) is 0 Å². The maximum atomic E-state index is 14.3. The number of thiophene rings is 1. The average molecular weight is 863 g/mol. The van der Waals surface area contributed by atoms with Crippen molar-refractivity contribution in [1.29, 1.82) is 0 Å². The summed E-state index contributed by atoms with van der Waals surface area (Å²) in [6.45, 7) is 9.12. The molecular formula is C44H35FIrN2SSi-2. The van der Waals surface area contributed by atoms with Crippen LogP contribution in [0.15, 0.2) is 140 Å². The van der Waals surface area contributed by atoms with Crippen LogP contribution < -0.4 is 5.19 Å².